The fourth-order valence-electron chi connectivity index (χ4n) is 2.52. The van der Waals surface area contributed by atoms with Gasteiger partial charge in [0.2, 0.25) is 5.91 Å². The van der Waals surface area contributed by atoms with Gasteiger partial charge in [0.1, 0.15) is 12.3 Å². The zero-order chi connectivity index (χ0) is 18.5. The lowest BCUT2D eigenvalue weighted by Gasteiger charge is -2.29. The third kappa shape index (κ3) is 4.02. The van der Waals surface area contributed by atoms with Crippen LogP contribution in [0.15, 0.2) is 35.7 Å². The van der Waals surface area contributed by atoms with Gasteiger partial charge in [0, 0.05) is 12.2 Å². The third-order valence-corrected chi connectivity index (χ3v) is 4.65. The number of fused-ring (bicyclic) bond motifs is 1. The highest BCUT2D eigenvalue weighted by Crippen LogP contribution is 2.34. The predicted octanol–water partition coefficient (Wildman–Crippen LogP) is 2.25. The van der Waals surface area contributed by atoms with E-state index in [1.165, 1.54) is 16.2 Å². The average Bonchev–Trinajstić information content (AvgIpc) is 3.17. The summed E-state index contributed by atoms with van der Waals surface area (Å²) in [5.74, 6) is -0.260. The van der Waals surface area contributed by atoms with Crippen LogP contribution in [0.4, 0.5) is 11.4 Å². The van der Waals surface area contributed by atoms with Crippen LogP contribution in [0.2, 0.25) is 0 Å². The molecule has 1 aliphatic heterocycles. The Balaban J connectivity index is 1.79. The summed E-state index contributed by atoms with van der Waals surface area (Å²) in [6.07, 6.45) is 0.818. The van der Waals surface area contributed by atoms with E-state index in [2.05, 4.69) is 10.6 Å². The van der Waals surface area contributed by atoms with Crippen LogP contribution >= 0.6 is 11.3 Å². The van der Waals surface area contributed by atoms with Crippen LogP contribution in [0.5, 0.6) is 5.75 Å². The van der Waals surface area contributed by atoms with Gasteiger partial charge < -0.3 is 15.4 Å². The van der Waals surface area contributed by atoms with Gasteiger partial charge >= 0.3 is 0 Å². The van der Waals surface area contributed by atoms with Crippen LogP contribution in [-0.2, 0) is 9.59 Å². The molecule has 7 nitrogen and oxygen atoms in total. The quantitative estimate of drug-likeness (QED) is 0.813. The molecule has 0 unspecified atom stereocenters. The second kappa shape index (κ2) is 8.01. The van der Waals surface area contributed by atoms with Crippen LogP contribution < -0.4 is 20.3 Å². The summed E-state index contributed by atoms with van der Waals surface area (Å²) in [6.45, 7) is 2.31. The van der Waals surface area contributed by atoms with E-state index in [1.807, 2.05) is 12.3 Å². The number of benzene rings is 1. The summed E-state index contributed by atoms with van der Waals surface area (Å²) >= 11 is 1.34. The van der Waals surface area contributed by atoms with E-state index in [1.54, 1.807) is 30.3 Å². The number of thiophene rings is 1. The van der Waals surface area contributed by atoms with Gasteiger partial charge in [-0.2, -0.15) is 0 Å². The van der Waals surface area contributed by atoms with Crippen LogP contribution in [-0.4, -0.2) is 37.4 Å². The smallest absolute Gasteiger partial charge is 0.265 e. The molecule has 0 fully saturated rings. The summed E-state index contributed by atoms with van der Waals surface area (Å²) in [5, 5.41) is 7.37. The predicted molar refractivity (Wildman–Crippen MR) is 99.9 cm³/mol. The van der Waals surface area contributed by atoms with E-state index in [0.717, 1.165) is 6.42 Å². The highest BCUT2D eigenvalue weighted by molar-refractivity contribution is 7.12. The fourth-order valence-corrected chi connectivity index (χ4v) is 3.14. The Morgan fingerprint density at radius 2 is 2.15 bits per heavy atom. The molecule has 0 aliphatic carbocycles. The largest absolute Gasteiger partial charge is 0.482 e. The highest BCUT2D eigenvalue weighted by atomic mass is 32.1. The molecule has 0 atom stereocenters. The monoisotopic (exact) mass is 373 g/mol. The van der Waals surface area contributed by atoms with E-state index >= 15 is 0 Å². The van der Waals surface area contributed by atoms with Crippen molar-refractivity contribution in [3.63, 3.8) is 0 Å². The SMILES string of the molecule is CCCNC(=O)CN1C(=O)COc2ccc(NC(=O)c3cccs3)cc21. The molecule has 8 heteroatoms. The molecule has 1 aromatic carbocycles. The van der Waals surface area contributed by atoms with Crippen molar-refractivity contribution in [3.05, 3.63) is 40.6 Å². The zero-order valence-electron chi connectivity index (χ0n) is 14.3. The van der Waals surface area contributed by atoms with E-state index in [9.17, 15) is 14.4 Å². The maximum absolute atomic E-state index is 12.2. The maximum atomic E-state index is 12.2. The van der Waals surface area contributed by atoms with E-state index in [-0.39, 0.29) is 30.9 Å². The van der Waals surface area contributed by atoms with Crippen LogP contribution in [0.1, 0.15) is 23.0 Å². The first kappa shape index (κ1) is 17.9. The summed E-state index contributed by atoms with van der Waals surface area (Å²) < 4.78 is 5.43. The van der Waals surface area contributed by atoms with Crippen molar-refractivity contribution in [1.29, 1.82) is 0 Å². The lowest BCUT2D eigenvalue weighted by molar-refractivity contribution is -0.125. The maximum Gasteiger partial charge on any atom is 0.265 e. The van der Waals surface area contributed by atoms with Gasteiger partial charge in [-0.05, 0) is 36.1 Å². The van der Waals surface area contributed by atoms with Gasteiger partial charge in [-0.1, -0.05) is 13.0 Å². The van der Waals surface area contributed by atoms with Crippen LogP contribution in [0.25, 0.3) is 0 Å². The molecule has 0 radical (unpaired) electrons. The number of hydrogen-bond acceptors (Lipinski definition) is 5. The number of anilines is 2. The van der Waals surface area contributed by atoms with E-state index in [0.29, 0.717) is 28.5 Å². The van der Waals surface area contributed by atoms with E-state index < -0.39 is 0 Å². The van der Waals surface area contributed by atoms with Crippen molar-refractivity contribution in [2.24, 2.45) is 0 Å². The number of rotatable bonds is 6. The molecule has 0 spiro atoms. The molecule has 2 N–H and O–H groups in total. The molecule has 2 aromatic rings. The molecular weight excluding hydrogens is 354 g/mol. The summed E-state index contributed by atoms with van der Waals surface area (Å²) in [4.78, 5) is 38.4. The van der Waals surface area contributed by atoms with Gasteiger partial charge in [0.25, 0.3) is 11.8 Å². The molecule has 0 bridgehead atoms. The topological polar surface area (TPSA) is 87.7 Å². The van der Waals surface area contributed by atoms with Crippen molar-refractivity contribution in [3.8, 4) is 5.75 Å². The Labute approximate surface area is 155 Å². The zero-order valence-corrected chi connectivity index (χ0v) is 15.1. The number of hydrogen-bond donors (Lipinski definition) is 2. The second-order valence-electron chi connectivity index (χ2n) is 5.73. The Morgan fingerprint density at radius 3 is 2.88 bits per heavy atom. The molecule has 136 valence electrons. The van der Waals surface area contributed by atoms with Gasteiger partial charge in [-0.15, -0.1) is 11.3 Å². The molecule has 3 rings (SSSR count). The molecule has 0 saturated carbocycles. The Bertz CT molecular complexity index is 820. The molecule has 1 aromatic heterocycles. The van der Waals surface area contributed by atoms with E-state index in [4.69, 9.17) is 4.74 Å². The molecular formula is C18H19N3O4S. The van der Waals surface area contributed by atoms with Crippen LogP contribution in [0, 0.1) is 0 Å². The molecule has 0 saturated heterocycles. The van der Waals surface area contributed by atoms with Crippen molar-refractivity contribution < 1.29 is 19.1 Å². The number of carbonyl (C=O) groups is 3. The van der Waals surface area contributed by atoms with Gasteiger partial charge in [-0.3, -0.25) is 19.3 Å². The minimum absolute atomic E-state index is 0.0858. The van der Waals surface area contributed by atoms with Gasteiger partial charge in [0.05, 0.1) is 10.6 Å². The number of carbonyl (C=O) groups excluding carboxylic acids is 3. The molecule has 26 heavy (non-hydrogen) atoms. The van der Waals surface area contributed by atoms with Crippen molar-refractivity contribution in [1.82, 2.24) is 5.32 Å². The summed E-state index contributed by atoms with van der Waals surface area (Å²) in [7, 11) is 0. The average molecular weight is 373 g/mol. The van der Waals surface area contributed by atoms with Gasteiger partial charge in [0.15, 0.2) is 6.61 Å². The molecule has 3 amide bonds. The minimum Gasteiger partial charge on any atom is -0.482 e. The fraction of sp³-hybridized carbons (Fsp3) is 0.278. The van der Waals surface area contributed by atoms with Crippen molar-refractivity contribution in [2.45, 2.75) is 13.3 Å². The lowest BCUT2D eigenvalue weighted by atomic mass is 10.2. The highest BCUT2D eigenvalue weighted by Gasteiger charge is 2.27. The first-order valence-electron chi connectivity index (χ1n) is 8.27. The standard InChI is InChI=1S/C18H19N3O4S/c1-2-7-19-16(22)10-21-13-9-12(5-6-14(13)25-11-17(21)23)20-18(24)15-4-3-8-26-15/h3-6,8-9H,2,7,10-11H2,1H3,(H,19,22)(H,20,24). The Kier molecular flexibility index (Phi) is 5.52. The second-order valence-corrected chi connectivity index (χ2v) is 6.68. The number of amides is 3. The van der Waals surface area contributed by atoms with Gasteiger partial charge in [-0.25, -0.2) is 0 Å². The van der Waals surface area contributed by atoms with Crippen molar-refractivity contribution in [2.75, 3.05) is 29.9 Å². The normalized spacial score (nSPS) is 13.0. The first-order valence-corrected chi connectivity index (χ1v) is 9.15. The minimum atomic E-state index is -0.300. The number of ether oxygens (including phenoxy) is 1. The molecule has 2 heterocycles. The first-order chi connectivity index (χ1) is 12.6. The Morgan fingerprint density at radius 1 is 1.31 bits per heavy atom. The molecule has 1 aliphatic rings. The summed E-state index contributed by atoms with van der Waals surface area (Å²) in [6, 6.07) is 8.56. The number of nitrogens with one attached hydrogen (secondary N) is 2. The van der Waals surface area contributed by atoms with Crippen molar-refractivity contribution >= 4 is 40.4 Å². The summed E-state index contributed by atoms with van der Waals surface area (Å²) in [5.41, 5.74) is 0.997. The lowest BCUT2D eigenvalue weighted by Crippen LogP contribution is -2.45. The van der Waals surface area contributed by atoms with Crippen LogP contribution in [0.3, 0.4) is 0 Å². The number of nitrogens with zero attached hydrogens (tertiary/aromatic N) is 1. The Hall–Kier alpha value is -2.87. The third-order valence-electron chi connectivity index (χ3n) is 3.78.